The number of alkyl halides is 3. The molecule has 4 nitrogen and oxygen atoms in total. The van der Waals surface area contributed by atoms with Crippen molar-refractivity contribution in [1.82, 2.24) is 0 Å². The van der Waals surface area contributed by atoms with E-state index in [1.807, 2.05) is 6.92 Å². The number of aliphatic hydroxyl groups is 1. The van der Waals surface area contributed by atoms with E-state index >= 15 is 0 Å². The molecule has 0 spiro atoms. The Morgan fingerprint density at radius 2 is 1.89 bits per heavy atom. The van der Waals surface area contributed by atoms with Crippen molar-refractivity contribution in [3.8, 4) is 0 Å². The SMILES string of the molecule is C=C(/C=C(\C)C1=CC(O)=C(C(=O)O)C=NC1CC)c1ccc(C(F)(F)F)cc1. The first kappa shape index (κ1) is 21.2. The number of halogens is 3. The molecule has 0 fully saturated rings. The molecule has 2 rings (SSSR count). The number of hydrogen-bond acceptors (Lipinski definition) is 3. The Bertz CT molecular complexity index is 904. The number of nitrogens with zero attached hydrogens (tertiary/aromatic N) is 1. The molecule has 1 heterocycles. The van der Waals surface area contributed by atoms with Gasteiger partial charge in [0.15, 0.2) is 0 Å². The minimum atomic E-state index is -4.41. The molecule has 0 saturated carbocycles. The summed E-state index contributed by atoms with van der Waals surface area (Å²) >= 11 is 0. The molecular weight excluding hydrogens is 371 g/mol. The summed E-state index contributed by atoms with van der Waals surface area (Å²) in [4.78, 5) is 15.4. The van der Waals surface area contributed by atoms with Crippen LogP contribution in [0.15, 0.2) is 70.5 Å². The van der Waals surface area contributed by atoms with Crippen molar-refractivity contribution in [1.29, 1.82) is 0 Å². The standard InChI is InChI=1S/C21H20F3NO3/c1-4-18-16(10-19(26)17(11-25-18)20(27)28)13(3)9-12(2)14-5-7-15(8-6-14)21(22,23)24/h5-11,18,26H,2,4H2,1,3H3,(H,27,28)/b13-9+. The lowest BCUT2D eigenvalue weighted by Crippen LogP contribution is -2.08. The van der Waals surface area contributed by atoms with Gasteiger partial charge >= 0.3 is 12.1 Å². The Kier molecular flexibility index (Phi) is 6.28. The zero-order valence-electron chi connectivity index (χ0n) is 15.4. The van der Waals surface area contributed by atoms with E-state index in [1.54, 1.807) is 13.0 Å². The molecule has 0 bridgehead atoms. The molecule has 2 N–H and O–H groups in total. The third-order valence-electron chi connectivity index (χ3n) is 4.36. The highest BCUT2D eigenvalue weighted by atomic mass is 19.4. The average Bonchev–Trinajstić information content (AvgIpc) is 2.79. The third kappa shape index (κ3) is 4.79. The van der Waals surface area contributed by atoms with Crippen LogP contribution >= 0.6 is 0 Å². The van der Waals surface area contributed by atoms with Gasteiger partial charge in [0.25, 0.3) is 0 Å². The third-order valence-corrected chi connectivity index (χ3v) is 4.36. The number of carboxylic acid groups (broad SMARTS) is 1. The first-order valence-electron chi connectivity index (χ1n) is 8.51. The molecule has 0 radical (unpaired) electrons. The normalized spacial score (nSPS) is 18.0. The minimum absolute atomic E-state index is 0.303. The predicted molar refractivity (Wildman–Crippen MR) is 102 cm³/mol. The molecular formula is C21H20F3NO3. The van der Waals surface area contributed by atoms with E-state index in [0.29, 0.717) is 28.7 Å². The number of carboxylic acids is 1. The van der Waals surface area contributed by atoms with Crippen LogP contribution in [0.5, 0.6) is 0 Å². The van der Waals surface area contributed by atoms with E-state index in [-0.39, 0.29) is 11.6 Å². The van der Waals surface area contributed by atoms with Gasteiger partial charge in [-0.15, -0.1) is 0 Å². The molecule has 1 aromatic rings. The number of aliphatic hydroxyl groups excluding tert-OH is 1. The van der Waals surface area contributed by atoms with Gasteiger partial charge in [0, 0.05) is 6.21 Å². The monoisotopic (exact) mass is 391 g/mol. The number of hydrogen-bond donors (Lipinski definition) is 2. The summed E-state index contributed by atoms with van der Waals surface area (Å²) in [7, 11) is 0. The van der Waals surface area contributed by atoms with Crippen LogP contribution in [0.1, 0.15) is 31.4 Å². The van der Waals surface area contributed by atoms with Crippen LogP contribution in [0.4, 0.5) is 13.2 Å². The topological polar surface area (TPSA) is 69.9 Å². The number of aliphatic imine (C=N–C) groups is 1. The second-order valence-corrected chi connectivity index (χ2v) is 6.33. The Labute approximate surface area is 160 Å². The summed E-state index contributed by atoms with van der Waals surface area (Å²) in [6.07, 6.45) is 0.324. The highest BCUT2D eigenvalue weighted by Crippen LogP contribution is 2.31. The Balaban J connectivity index is 2.37. The Morgan fingerprint density at radius 3 is 2.39 bits per heavy atom. The molecule has 0 amide bonds. The van der Waals surface area contributed by atoms with Crippen molar-refractivity contribution in [2.75, 3.05) is 0 Å². The molecule has 148 valence electrons. The zero-order chi connectivity index (χ0) is 21.1. The highest BCUT2D eigenvalue weighted by molar-refractivity contribution is 6.09. The number of benzene rings is 1. The van der Waals surface area contributed by atoms with Crippen LogP contribution in [-0.4, -0.2) is 28.4 Å². The quantitative estimate of drug-likeness (QED) is 0.665. The predicted octanol–water partition coefficient (Wildman–Crippen LogP) is 5.35. The van der Waals surface area contributed by atoms with E-state index in [0.717, 1.165) is 18.3 Å². The van der Waals surface area contributed by atoms with E-state index in [4.69, 9.17) is 5.11 Å². The van der Waals surface area contributed by atoms with Crippen molar-refractivity contribution < 1.29 is 28.2 Å². The van der Waals surface area contributed by atoms with Gasteiger partial charge in [0.05, 0.1) is 11.6 Å². The fraction of sp³-hybridized carbons (Fsp3) is 0.238. The van der Waals surface area contributed by atoms with Gasteiger partial charge in [-0.2, -0.15) is 13.2 Å². The van der Waals surface area contributed by atoms with Gasteiger partial charge in [-0.05, 0) is 53.8 Å². The lowest BCUT2D eigenvalue weighted by atomic mass is 9.94. The summed E-state index contributed by atoms with van der Waals surface area (Å²) in [5.41, 5.74) is 1.24. The summed E-state index contributed by atoms with van der Waals surface area (Å²) in [6, 6.07) is 4.29. The van der Waals surface area contributed by atoms with E-state index in [1.165, 1.54) is 18.2 Å². The summed E-state index contributed by atoms with van der Waals surface area (Å²) in [5.74, 6) is -1.69. The smallest absolute Gasteiger partial charge is 0.416 e. The molecule has 0 aromatic heterocycles. The number of aliphatic carboxylic acids is 1. The van der Waals surface area contributed by atoms with Gasteiger partial charge in [-0.25, -0.2) is 4.79 Å². The Hall–Kier alpha value is -3.09. The summed E-state index contributed by atoms with van der Waals surface area (Å²) < 4.78 is 38.1. The molecule has 28 heavy (non-hydrogen) atoms. The van der Waals surface area contributed by atoms with Crippen LogP contribution in [-0.2, 0) is 11.0 Å². The van der Waals surface area contributed by atoms with Crippen molar-refractivity contribution in [2.24, 2.45) is 4.99 Å². The van der Waals surface area contributed by atoms with Crippen molar-refractivity contribution in [2.45, 2.75) is 32.5 Å². The molecule has 1 aliphatic heterocycles. The number of rotatable bonds is 5. The Morgan fingerprint density at radius 1 is 1.29 bits per heavy atom. The lowest BCUT2D eigenvalue weighted by molar-refractivity contribution is -0.137. The molecule has 0 saturated heterocycles. The maximum absolute atomic E-state index is 12.7. The fourth-order valence-electron chi connectivity index (χ4n) is 2.80. The molecule has 1 aromatic carbocycles. The van der Waals surface area contributed by atoms with Crippen molar-refractivity contribution in [3.63, 3.8) is 0 Å². The molecule has 0 aliphatic carbocycles. The van der Waals surface area contributed by atoms with Gasteiger partial charge in [-0.1, -0.05) is 31.7 Å². The lowest BCUT2D eigenvalue weighted by Gasteiger charge is -2.15. The van der Waals surface area contributed by atoms with Crippen LogP contribution < -0.4 is 0 Å². The van der Waals surface area contributed by atoms with Gasteiger partial charge < -0.3 is 10.2 Å². The van der Waals surface area contributed by atoms with Crippen molar-refractivity contribution in [3.05, 3.63) is 76.6 Å². The molecule has 1 aliphatic rings. The second-order valence-electron chi connectivity index (χ2n) is 6.33. The maximum atomic E-state index is 12.7. The van der Waals surface area contributed by atoms with E-state index in [9.17, 15) is 23.1 Å². The van der Waals surface area contributed by atoms with Gasteiger partial charge in [-0.3, -0.25) is 4.99 Å². The minimum Gasteiger partial charge on any atom is -0.507 e. The number of carbonyl (C=O) groups is 1. The number of allylic oxidation sites excluding steroid dienone is 3. The zero-order valence-corrected chi connectivity index (χ0v) is 15.4. The molecule has 1 atom stereocenters. The molecule has 7 heteroatoms. The first-order chi connectivity index (χ1) is 13.0. The summed E-state index contributed by atoms with van der Waals surface area (Å²) in [5, 5.41) is 19.2. The van der Waals surface area contributed by atoms with Gasteiger partial charge in [0.1, 0.15) is 11.3 Å². The van der Waals surface area contributed by atoms with Crippen LogP contribution in [0, 0.1) is 0 Å². The van der Waals surface area contributed by atoms with Crippen molar-refractivity contribution >= 4 is 17.8 Å². The highest BCUT2D eigenvalue weighted by Gasteiger charge is 2.30. The van der Waals surface area contributed by atoms with E-state index in [2.05, 4.69) is 11.6 Å². The second kappa shape index (κ2) is 8.29. The average molecular weight is 391 g/mol. The fourth-order valence-corrected chi connectivity index (χ4v) is 2.80. The largest absolute Gasteiger partial charge is 0.507 e. The first-order valence-corrected chi connectivity index (χ1v) is 8.51. The summed E-state index contributed by atoms with van der Waals surface area (Å²) in [6.45, 7) is 7.52. The van der Waals surface area contributed by atoms with Crippen LogP contribution in [0.25, 0.3) is 5.57 Å². The van der Waals surface area contributed by atoms with Gasteiger partial charge in [0.2, 0.25) is 0 Å². The van der Waals surface area contributed by atoms with Crippen LogP contribution in [0.3, 0.4) is 0 Å². The van der Waals surface area contributed by atoms with Crippen LogP contribution in [0.2, 0.25) is 0 Å². The van der Waals surface area contributed by atoms with E-state index < -0.39 is 23.5 Å². The molecule has 1 unspecified atom stereocenters. The maximum Gasteiger partial charge on any atom is 0.416 e.